The Labute approximate surface area is 180 Å². The summed E-state index contributed by atoms with van der Waals surface area (Å²) in [5, 5.41) is 6.70. The fourth-order valence-electron chi connectivity index (χ4n) is 4.03. The van der Waals surface area contributed by atoms with Gasteiger partial charge in [0.1, 0.15) is 0 Å². The number of hydrogen-bond donors (Lipinski definition) is 2. The maximum absolute atomic E-state index is 13.3. The van der Waals surface area contributed by atoms with Crippen molar-refractivity contribution in [2.45, 2.75) is 12.3 Å². The van der Waals surface area contributed by atoms with E-state index in [0.29, 0.717) is 24.2 Å². The summed E-state index contributed by atoms with van der Waals surface area (Å²) in [7, 11) is 0. The minimum absolute atomic E-state index is 0.0659. The summed E-state index contributed by atoms with van der Waals surface area (Å²) in [5.74, 6) is 0.0143. The van der Waals surface area contributed by atoms with Gasteiger partial charge in [0.15, 0.2) is 0 Å². The zero-order chi connectivity index (χ0) is 21.2. The van der Waals surface area contributed by atoms with Crippen molar-refractivity contribution in [3.8, 4) is 11.3 Å². The van der Waals surface area contributed by atoms with Crippen LogP contribution in [0, 0.1) is 0 Å². The summed E-state index contributed by atoms with van der Waals surface area (Å²) in [6, 6.07) is 27.1. The van der Waals surface area contributed by atoms with Gasteiger partial charge in [0, 0.05) is 35.5 Å². The van der Waals surface area contributed by atoms with E-state index in [-0.39, 0.29) is 17.7 Å². The number of benzene rings is 3. The number of anilines is 1. The second-order valence-corrected chi connectivity index (χ2v) is 7.72. The molecule has 1 aliphatic heterocycles. The Kier molecular flexibility index (Phi) is 4.92. The highest BCUT2D eigenvalue weighted by Crippen LogP contribution is 2.28. The average Bonchev–Trinajstić information content (AvgIpc) is 3.25. The van der Waals surface area contributed by atoms with Gasteiger partial charge < -0.3 is 10.6 Å². The third-order valence-electron chi connectivity index (χ3n) is 5.62. The lowest BCUT2D eigenvalue weighted by Crippen LogP contribution is -2.14. The molecule has 2 amide bonds. The van der Waals surface area contributed by atoms with Crippen molar-refractivity contribution in [2.75, 3.05) is 11.9 Å². The van der Waals surface area contributed by atoms with Gasteiger partial charge in [-0.25, -0.2) is 4.98 Å². The van der Waals surface area contributed by atoms with Crippen LogP contribution >= 0.6 is 0 Å². The number of carbonyl (C=O) groups is 2. The van der Waals surface area contributed by atoms with Gasteiger partial charge in [0.25, 0.3) is 5.91 Å². The second kappa shape index (κ2) is 8.03. The molecule has 1 saturated heterocycles. The number of nitrogens with one attached hydrogen (secondary N) is 2. The molecule has 0 bridgehead atoms. The molecule has 5 rings (SSSR count). The topological polar surface area (TPSA) is 71.1 Å². The van der Waals surface area contributed by atoms with Crippen LogP contribution in [-0.2, 0) is 4.79 Å². The average molecular weight is 407 g/mol. The normalized spacial score (nSPS) is 15.6. The fourth-order valence-corrected chi connectivity index (χ4v) is 4.03. The van der Waals surface area contributed by atoms with Crippen LogP contribution in [0.5, 0.6) is 0 Å². The van der Waals surface area contributed by atoms with Gasteiger partial charge in [-0.05, 0) is 29.8 Å². The molecule has 1 unspecified atom stereocenters. The van der Waals surface area contributed by atoms with Crippen molar-refractivity contribution in [3.63, 3.8) is 0 Å². The molecule has 1 aromatic heterocycles. The molecule has 2 N–H and O–H groups in total. The van der Waals surface area contributed by atoms with E-state index in [1.165, 1.54) is 0 Å². The van der Waals surface area contributed by atoms with E-state index in [2.05, 4.69) is 10.6 Å². The molecule has 2 heterocycles. The Balaban J connectivity index is 1.49. The summed E-state index contributed by atoms with van der Waals surface area (Å²) in [6.07, 6.45) is 0.479. The number of aromatic nitrogens is 1. The molecule has 0 radical (unpaired) electrons. The molecule has 0 aliphatic carbocycles. The van der Waals surface area contributed by atoms with Crippen molar-refractivity contribution in [2.24, 2.45) is 0 Å². The molecular formula is C26H21N3O2. The summed E-state index contributed by atoms with van der Waals surface area (Å²) in [6.45, 7) is 0.631. The first-order valence-corrected chi connectivity index (χ1v) is 10.3. The lowest BCUT2D eigenvalue weighted by molar-refractivity contribution is -0.119. The van der Waals surface area contributed by atoms with Crippen molar-refractivity contribution in [3.05, 3.63) is 96.1 Å². The maximum atomic E-state index is 13.3. The van der Waals surface area contributed by atoms with Crippen molar-refractivity contribution >= 4 is 28.4 Å². The molecule has 1 fully saturated rings. The number of nitrogens with zero attached hydrogens (tertiary/aromatic N) is 1. The fraction of sp³-hybridized carbons (Fsp3) is 0.115. The van der Waals surface area contributed by atoms with Gasteiger partial charge in [-0.3, -0.25) is 9.59 Å². The van der Waals surface area contributed by atoms with Crippen molar-refractivity contribution < 1.29 is 9.59 Å². The third-order valence-corrected chi connectivity index (χ3v) is 5.62. The molecule has 31 heavy (non-hydrogen) atoms. The number of fused-ring (bicyclic) bond motifs is 1. The third kappa shape index (κ3) is 3.90. The molecular weight excluding hydrogens is 386 g/mol. The minimum Gasteiger partial charge on any atom is -0.355 e. The predicted molar refractivity (Wildman–Crippen MR) is 122 cm³/mol. The monoisotopic (exact) mass is 407 g/mol. The second-order valence-electron chi connectivity index (χ2n) is 7.72. The molecule has 0 saturated carbocycles. The Morgan fingerprint density at radius 3 is 2.55 bits per heavy atom. The van der Waals surface area contributed by atoms with Crippen LogP contribution in [0.1, 0.15) is 28.3 Å². The van der Waals surface area contributed by atoms with E-state index in [1.807, 2.05) is 84.9 Å². The molecule has 1 atom stereocenters. The van der Waals surface area contributed by atoms with Crippen LogP contribution in [0.15, 0.2) is 84.9 Å². The van der Waals surface area contributed by atoms with Crippen LogP contribution in [0.3, 0.4) is 0 Å². The van der Waals surface area contributed by atoms with E-state index in [1.54, 1.807) is 0 Å². The van der Waals surface area contributed by atoms with E-state index in [0.717, 1.165) is 27.7 Å². The molecule has 0 spiro atoms. The van der Waals surface area contributed by atoms with Crippen LogP contribution in [0.4, 0.5) is 5.69 Å². The Bertz CT molecular complexity index is 1280. The summed E-state index contributed by atoms with van der Waals surface area (Å²) in [5.41, 5.74) is 4.83. The number of carbonyl (C=O) groups excluding carboxylic acids is 2. The molecule has 152 valence electrons. The molecule has 5 heteroatoms. The standard InChI is InChI=1S/C26H21N3O2/c30-25-14-19(16-27-25)18-9-6-10-20(13-18)28-26(31)22-15-24(17-7-2-1-3-8-17)29-23-12-5-4-11-21(22)23/h1-13,15,19H,14,16H2,(H,27,30)(H,28,31). The Morgan fingerprint density at radius 1 is 0.935 bits per heavy atom. The van der Waals surface area contributed by atoms with E-state index < -0.39 is 0 Å². The predicted octanol–water partition coefficient (Wildman–Crippen LogP) is 4.76. The highest BCUT2D eigenvalue weighted by Gasteiger charge is 2.23. The molecule has 1 aliphatic rings. The quantitative estimate of drug-likeness (QED) is 0.512. The smallest absolute Gasteiger partial charge is 0.256 e. The maximum Gasteiger partial charge on any atom is 0.256 e. The summed E-state index contributed by atoms with van der Waals surface area (Å²) >= 11 is 0. The first-order chi connectivity index (χ1) is 15.2. The molecule has 5 nitrogen and oxygen atoms in total. The van der Waals surface area contributed by atoms with Crippen LogP contribution in [0.2, 0.25) is 0 Å². The van der Waals surface area contributed by atoms with Crippen LogP contribution in [-0.4, -0.2) is 23.3 Å². The molecule has 3 aromatic carbocycles. The number of pyridine rings is 1. The van der Waals surface area contributed by atoms with Gasteiger partial charge in [0.05, 0.1) is 16.8 Å². The van der Waals surface area contributed by atoms with Crippen molar-refractivity contribution in [1.29, 1.82) is 0 Å². The number of rotatable bonds is 4. The van der Waals surface area contributed by atoms with Gasteiger partial charge in [-0.15, -0.1) is 0 Å². The minimum atomic E-state index is -0.187. The van der Waals surface area contributed by atoms with Crippen molar-refractivity contribution in [1.82, 2.24) is 10.3 Å². The summed E-state index contributed by atoms with van der Waals surface area (Å²) in [4.78, 5) is 29.6. The lowest BCUT2D eigenvalue weighted by atomic mass is 9.97. The zero-order valence-corrected chi connectivity index (χ0v) is 16.8. The van der Waals surface area contributed by atoms with Gasteiger partial charge in [0.2, 0.25) is 5.91 Å². The lowest BCUT2D eigenvalue weighted by Gasteiger charge is -2.13. The van der Waals surface area contributed by atoms with Crippen LogP contribution < -0.4 is 10.6 Å². The van der Waals surface area contributed by atoms with E-state index in [9.17, 15) is 9.59 Å². The first-order valence-electron chi connectivity index (χ1n) is 10.3. The van der Waals surface area contributed by atoms with Crippen LogP contribution in [0.25, 0.3) is 22.2 Å². The summed E-state index contributed by atoms with van der Waals surface area (Å²) < 4.78 is 0. The Morgan fingerprint density at radius 2 is 1.74 bits per heavy atom. The van der Waals surface area contributed by atoms with Gasteiger partial charge in [-0.1, -0.05) is 60.7 Å². The number of hydrogen-bond acceptors (Lipinski definition) is 3. The number of amides is 2. The van der Waals surface area contributed by atoms with E-state index in [4.69, 9.17) is 4.98 Å². The van der Waals surface area contributed by atoms with Gasteiger partial charge in [-0.2, -0.15) is 0 Å². The number of para-hydroxylation sites is 1. The molecule has 4 aromatic rings. The Hall–Kier alpha value is -3.99. The van der Waals surface area contributed by atoms with E-state index >= 15 is 0 Å². The SMILES string of the molecule is O=C1CC(c2cccc(NC(=O)c3cc(-c4ccccc4)nc4ccccc34)c2)CN1. The van der Waals surface area contributed by atoms with Gasteiger partial charge >= 0.3 is 0 Å². The zero-order valence-electron chi connectivity index (χ0n) is 16.8. The highest BCUT2D eigenvalue weighted by atomic mass is 16.2. The highest BCUT2D eigenvalue weighted by molar-refractivity contribution is 6.13. The first kappa shape index (κ1) is 19.0. The largest absolute Gasteiger partial charge is 0.355 e.